The highest BCUT2D eigenvalue weighted by atomic mass is 16.5. The van der Waals surface area contributed by atoms with Crippen LogP contribution in [0.3, 0.4) is 0 Å². The Bertz CT molecular complexity index is 466. The summed E-state index contributed by atoms with van der Waals surface area (Å²) in [4.78, 5) is 4.28. The van der Waals surface area contributed by atoms with Gasteiger partial charge in [0.1, 0.15) is 5.52 Å². The summed E-state index contributed by atoms with van der Waals surface area (Å²) in [7, 11) is 0. The summed E-state index contributed by atoms with van der Waals surface area (Å²) < 4.78 is 7.29. The van der Waals surface area contributed by atoms with Crippen LogP contribution < -0.4 is 5.32 Å². The number of nitrogens with zero attached hydrogens (tertiary/aromatic N) is 3. The Balaban J connectivity index is 1.84. The molecule has 0 radical (unpaired) electrons. The minimum atomic E-state index is 0.575. The van der Waals surface area contributed by atoms with Crippen molar-refractivity contribution in [2.75, 3.05) is 25.1 Å². The van der Waals surface area contributed by atoms with Crippen molar-refractivity contribution in [2.24, 2.45) is 5.92 Å². The molecule has 0 spiro atoms. The molecule has 92 valence electrons. The topological polar surface area (TPSA) is 51.5 Å². The largest absolute Gasteiger partial charge is 0.379 e. The third-order valence-corrected chi connectivity index (χ3v) is 2.31. The average molecular weight is 234 g/mol. The summed E-state index contributed by atoms with van der Waals surface area (Å²) in [6.45, 7) is 6.52. The van der Waals surface area contributed by atoms with Crippen LogP contribution in [-0.2, 0) is 4.74 Å². The fourth-order valence-electron chi connectivity index (χ4n) is 1.55. The number of anilines is 1. The first-order valence-electron chi connectivity index (χ1n) is 5.87. The number of ether oxygens (including phenoxy) is 1. The number of fused-ring (bicyclic) bond motifs is 1. The van der Waals surface area contributed by atoms with Crippen molar-refractivity contribution in [3.05, 3.63) is 24.7 Å². The van der Waals surface area contributed by atoms with Gasteiger partial charge in [0, 0.05) is 25.5 Å². The van der Waals surface area contributed by atoms with E-state index >= 15 is 0 Å². The van der Waals surface area contributed by atoms with Crippen molar-refractivity contribution >= 4 is 11.3 Å². The lowest BCUT2D eigenvalue weighted by atomic mass is 10.2. The fraction of sp³-hybridized carbons (Fsp3) is 0.500. The van der Waals surface area contributed by atoms with Crippen molar-refractivity contribution in [1.29, 1.82) is 0 Å². The normalized spacial score (nSPS) is 11.2. The van der Waals surface area contributed by atoms with E-state index in [1.54, 1.807) is 16.9 Å². The lowest BCUT2D eigenvalue weighted by Crippen LogP contribution is -2.13. The van der Waals surface area contributed by atoms with Crippen LogP contribution >= 0.6 is 0 Å². The van der Waals surface area contributed by atoms with E-state index in [2.05, 4.69) is 29.2 Å². The van der Waals surface area contributed by atoms with Gasteiger partial charge in [-0.15, -0.1) is 0 Å². The monoisotopic (exact) mass is 234 g/mol. The summed E-state index contributed by atoms with van der Waals surface area (Å²) in [6, 6.07) is 1.93. The molecule has 0 aliphatic carbocycles. The highest BCUT2D eigenvalue weighted by Crippen LogP contribution is 2.11. The first-order valence-corrected chi connectivity index (χ1v) is 5.87. The van der Waals surface area contributed by atoms with E-state index in [-0.39, 0.29) is 0 Å². The van der Waals surface area contributed by atoms with Crippen LogP contribution in [-0.4, -0.2) is 34.4 Å². The average Bonchev–Trinajstić information content (AvgIpc) is 2.77. The van der Waals surface area contributed by atoms with Crippen LogP contribution in [0.2, 0.25) is 0 Å². The molecular formula is C12H18N4O. The Morgan fingerprint density at radius 2 is 2.29 bits per heavy atom. The molecule has 2 aromatic rings. The molecule has 0 amide bonds. The van der Waals surface area contributed by atoms with Gasteiger partial charge < -0.3 is 10.1 Å². The minimum absolute atomic E-state index is 0.575. The standard InChI is InChI=1S/C12H18N4O/c1-10(2)9-17-8-6-14-12-11-3-4-15-16(11)7-5-13-12/h3-5,7,10H,6,8-9H2,1-2H3,(H,13,14). The molecule has 2 aromatic heterocycles. The van der Waals surface area contributed by atoms with E-state index in [4.69, 9.17) is 4.74 Å². The molecule has 17 heavy (non-hydrogen) atoms. The maximum Gasteiger partial charge on any atom is 0.152 e. The molecule has 0 atom stereocenters. The molecule has 0 aliphatic heterocycles. The second kappa shape index (κ2) is 5.63. The van der Waals surface area contributed by atoms with Gasteiger partial charge in [-0.25, -0.2) is 9.50 Å². The Hall–Kier alpha value is -1.62. The number of nitrogens with one attached hydrogen (secondary N) is 1. The van der Waals surface area contributed by atoms with Gasteiger partial charge in [0.05, 0.1) is 12.8 Å². The van der Waals surface area contributed by atoms with Crippen molar-refractivity contribution < 1.29 is 4.74 Å². The quantitative estimate of drug-likeness (QED) is 0.774. The first kappa shape index (κ1) is 11.9. The summed E-state index contributed by atoms with van der Waals surface area (Å²) >= 11 is 0. The van der Waals surface area contributed by atoms with Crippen molar-refractivity contribution in [1.82, 2.24) is 14.6 Å². The van der Waals surface area contributed by atoms with Gasteiger partial charge in [-0.1, -0.05) is 13.8 Å². The molecular weight excluding hydrogens is 216 g/mol. The zero-order valence-corrected chi connectivity index (χ0v) is 10.3. The second-order valence-electron chi connectivity index (χ2n) is 4.33. The van der Waals surface area contributed by atoms with E-state index in [9.17, 15) is 0 Å². The highest BCUT2D eigenvalue weighted by molar-refractivity contribution is 5.66. The Morgan fingerprint density at radius 3 is 3.12 bits per heavy atom. The number of hydrogen-bond donors (Lipinski definition) is 1. The summed E-state index contributed by atoms with van der Waals surface area (Å²) in [5, 5.41) is 7.40. The molecule has 0 saturated heterocycles. The van der Waals surface area contributed by atoms with E-state index in [1.807, 2.05) is 12.3 Å². The summed E-state index contributed by atoms with van der Waals surface area (Å²) in [6.07, 6.45) is 5.32. The van der Waals surface area contributed by atoms with Crippen LogP contribution in [0.25, 0.3) is 5.52 Å². The van der Waals surface area contributed by atoms with Crippen LogP contribution in [0.15, 0.2) is 24.7 Å². The van der Waals surface area contributed by atoms with E-state index in [0.29, 0.717) is 12.5 Å². The fourth-order valence-corrected chi connectivity index (χ4v) is 1.55. The lowest BCUT2D eigenvalue weighted by molar-refractivity contribution is 0.118. The Kier molecular flexibility index (Phi) is 3.93. The number of rotatable bonds is 6. The SMILES string of the molecule is CC(C)COCCNc1nccn2nccc12. The maximum absolute atomic E-state index is 5.50. The summed E-state index contributed by atoms with van der Waals surface area (Å²) in [5.74, 6) is 1.42. The molecule has 0 saturated carbocycles. The smallest absolute Gasteiger partial charge is 0.152 e. The van der Waals surface area contributed by atoms with Crippen LogP contribution in [0.5, 0.6) is 0 Å². The van der Waals surface area contributed by atoms with E-state index in [1.165, 1.54) is 0 Å². The molecule has 0 bridgehead atoms. The second-order valence-corrected chi connectivity index (χ2v) is 4.33. The lowest BCUT2D eigenvalue weighted by Gasteiger charge is -2.09. The predicted molar refractivity (Wildman–Crippen MR) is 67.1 cm³/mol. The van der Waals surface area contributed by atoms with Crippen molar-refractivity contribution in [2.45, 2.75) is 13.8 Å². The van der Waals surface area contributed by atoms with Crippen molar-refractivity contribution in [3.63, 3.8) is 0 Å². The summed E-state index contributed by atoms with van der Waals surface area (Å²) in [5.41, 5.74) is 0.983. The predicted octanol–water partition coefficient (Wildman–Crippen LogP) is 1.81. The van der Waals surface area contributed by atoms with E-state index in [0.717, 1.165) is 24.5 Å². The zero-order chi connectivity index (χ0) is 12.1. The Morgan fingerprint density at radius 1 is 1.41 bits per heavy atom. The molecule has 2 heterocycles. The van der Waals surface area contributed by atoms with Gasteiger partial charge in [-0.3, -0.25) is 0 Å². The molecule has 2 rings (SSSR count). The van der Waals surface area contributed by atoms with Gasteiger partial charge in [0.25, 0.3) is 0 Å². The molecule has 0 aromatic carbocycles. The van der Waals surface area contributed by atoms with Crippen molar-refractivity contribution in [3.8, 4) is 0 Å². The molecule has 5 heteroatoms. The molecule has 0 unspecified atom stereocenters. The number of hydrogen-bond acceptors (Lipinski definition) is 4. The minimum Gasteiger partial charge on any atom is -0.379 e. The van der Waals surface area contributed by atoms with Gasteiger partial charge in [-0.05, 0) is 12.0 Å². The maximum atomic E-state index is 5.50. The Labute approximate surface area is 101 Å². The van der Waals surface area contributed by atoms with Gasteiger partial charge in [-0.2, -0.15) is 5.10 Å². The molecule has 0 aliphatic rings. The third kappa shape index (κ3) is 3.17. The van der Waals surface area contributed by atoms with Crippen LogP contribution in [0, 0.1) is 5.92 Å². The zero-order valence-electron chi connectivity index (χ0n) is 10.3. The molecule has 5 nitrogen and oxygen atoms in total. The van der Waals surface area contributed by atoms with Gasteiger partial charge in [0.2, 0.25) is 0 Å². The number of aromatic nitrogens is 3. The van der Waals surface area contributed by atoms with Gasteiger partial charge in [0.15, 0.2) is 5.82 Å². The highest BCUT2D eigenvalue weighted by Gasteiger charge is 2.01. The van der Waals surface area contributed by atoms with Crippen LogP contribution in [0.4, 0.5) is 5.82 Å². The molecule has 1 N–H and O–H groups in total. The van der Waals surface area contributed by atoms with E-state index < -0.39 is 0 Å². The van der Waals surface area contributed by atoms with Crippen LogP contribution in [0.1, 0.15) is 13.8 Å². The van der Waals surface area contributed by atoms with Gasteiger partial charge >= 0.3 is 0 Å². The third-order valence-electron chi connectivity index (χ3n) is 2.31. The first-order chi connectivity index (χ1) is 8.27. The molecule has 0 fully saturated rings.